The van der Waals surface area contributed by atoms with Crippen LogP contribution in [-0.4, -0.2) is 28.8 Å². The van der Waals surface area contributed by atoms with Crippen molar-refractivity contribution >= 4 is 11.9 Å². The third kappa shape index (κ3) is 5.51. The molecule has 15 heavy (non-hydrogen) atoms. The quantitative estimate of drug-likeness (QED) is 0.302. The van der Waals surface area contributed by atoms with Crippen LogP contribution in [-0.2, 0) is 14.3 Å². The standard InChI is InChI=1S/C10H14O5/c1-3-8(11)15-6-4-5-7(2)9(12)10(13)14/h3,12H,1,4-6H2,2H3,(H,13,14). The van der Waals surface area contributed by atoms with E-state index in [-0.39, 0.29) is 6.61 Å². The summed E-state index contributed by atoms with van der Waals surface area (Å²) in [5, 5.41) is 17.4. The third-order valence-electron chi connectivity index (χ3n) is 1.71. The molecule has 0 radical (unpaired) electrons. The number of ether oxygens (including phenoxy) is 1. The second-order valence-electron chi connectivity index (χ2n) is 2.91. The van der Waals surface area contributed by atoms with E-state index in [1.807, 2.05) is 0 Å². The lowest BCUT2D eigenvalue weighted by Crippen LogP contribution is -2.05. The molecular weight excluding hydrogens is 200 g/mol. The van der Waals surface area contributed by atoms with Gasteiger partial charge in [0.05, 0.1) is 6.61 Å². The van der Waals surface area contributed by atoms with E-state index in [4.69, 9.17) is 10.2 Å². The molecule has 0 bridgehead atoms. The lowest BCUT2D eigenvalue weighted by molar-refractivity contribution is -0.138. The van der Waals surface area contributed by atoms with E-state index in [2.05, 4.69) is 11.3 Å². The minimum atomic E-state index is -1.35. The highest BCUT2D eigenvalue weighted by molar-refractivity contribution is 5.84. The zero-order chi connectivity index (χ0) is 11.8. The van der Waals surface area contributed by atoms with E-state index in [0.717, 1.165) is 6.08 Å². The lowest BCUT2D eigenvalue weighted by atomic mass is 10.1. The van der Waals surface area contributed by atoms with Crippen molar-refractivity contribution in [2.75, 3.05) is 6.61 Å². The van der Waals surface area contributed by atoms with Crippen LogP contribution < -0.4 is 0 Å². The van der Waals surface area contributed by atoms with E-state index < -0.39 is 17.7 Å². The Bertz CT molecular complexity index is 290. The van der Waals surface area contributed by atoms with Gasteiger partial charge in [0.1, 0.15) is 0 Å². The number of carbonyl (C=O) groups is 2. The number of carboxylic acids is 1. The van der Waals surface area contributed by atoms with E-state index >= 15 is 0 Å². The van der Waals surface area contributed by atoms with E-state index in [0.29, 0.717) is 18.4 Å². The summed E-state index contributed by atoms with van der Waals surface area (Å²) in [6.45, 7) is 4.91. The molecule has 0 amide bonds. The van der Waals surface area contributed by atoms with Crippen LogP contribution in [0.15, 0.2) is 24.0 Å². The normalized spacial score (nSPS) is 11.5. The molecule has 5 nitrogen and oxygen atoms in total. The monoisotopic (exact) mass is 214 g/mol. The summed E-state index contributed by atoms with van der Waals surface area (Å²) in [6.07, 6.45) is 1.88. The third-order valence-corrected chi connectivity index (χ3v) is 1.71. The van der Waals surface area contributed by atoms with Gasteiger partial charge in [-0.25, -0.2) is 9.59 Å². The Morgan fingerprint density at radius 2 is 2.00 bits per heavy atom. The van der Waals surface area contributed by atoms with Crippen LogP contribution in [0.25, 0.3) is 0 Å². The molecule has 0 aromatic heterocycles. The number of allylic oxidation sites excluding steroid dienone is 1. The average Bonchev–Trinajstić information content (AvgIpc) is 2.22. The summed E-state index contributed by atoms with van der Waals surface area (Å²) in [5.41, 5.74) is 0.358. The number of hydrogen-bond donors (Lipinski definition) is 2. The predicted molar refractivity (Wildman–Crippen MR) is 53.4 cm³/mol. The zero-order valence-corrected chi connectivity index (χ0v) is 8.52. The van der Waals surface area contributed by atoms with Crippen LogP contribution >= 0.6 is 0 Å². The molecule has 2 N–H and O–H groups in total. The predicted octanol–water partition coefficient (Wildman–Crippen LogP) is 1.41. The fourth-order valence-electron chi connectivity index (χ4n) is 0.870. The molecule has 0 atom stereocenters. The highest BCUT2D eigenvalue weighted by atomic mass is 16.5. The Morgan fingerprint density at radius 1 is 1.40 bits per heavy atom. The number of hydrogen-bond acceptors (Lipinski definition) is 4. The highest BCUT2D eigenvalue weighted by Gasteiger charge is 2.08. The number of carboxylic acid groups (broad SMARTS) is 1. The molecule has 0 aliphatic rings. The summed E-state index contributed by atoms with van der Waals surface area (Å²) < 4.78 is 4.67. The molecule has 0 aliphatic carbocycles. The fourth-order valence-corrected chi connectivity index (χ4v) is 0.870. The average molecular weight is 214 g/mol. The van der Waals surface area contributed by atoms with E-state index in [1.165, 1.54) is 6.92 Å². The van der Waals surface area contributed by atoms with Crippen molar-refractivity contribution in [3.8, 4) is 0 Å². The van der Waals surface area contributed by atoms with Crippen LogP contribution in [0.5, 0.6) is 0 Å². The van der Waals surface area contributed by atoms with Gasteiger partial charge in [0.2, 0.25) is 5.76 Å². The summed E-state index contributed by atoms with van der Waals surface area (Å²) in [5.74, 6) is -2.51. The maximum Gasteiger partial charge on any atom is 0.370 e. The fraction of sp³-hybridized carbons (Fsp3) is 0.400. The number of carbonyl (C=O) groups excluding carboxylic acids is 1. The van der Waals surface area contributed by atoms with Crippen molar-refractivity contribution in [2.45, 2.75) is 19.8 Å². The Morgan fingerprint density at radius 3 is 2.47 bits per heavy atom. The van der Waals surface area contributed by atoms with Crippen molar-refractivity contribution in [3.05, 3.63) is 24.0 Å². The minimum absolute atomic E-state index is 0.176. The molecule has 5 heteroatoms. The SMILES string of the molecule is C=CC(=O)OCCCC(C)=C(O)C(=O)O. The summed E-state index contributed by atoms with van der Waals surface area (Å²) >= 11 is 0. The topological polar surface area (TPSA) is 83.8 Å². The molecule has 0 heterocycles. The van der Waals surface area contributed by atoms with Gasteiger partial charge in [0.15, 0.2) is 0 Å². The minimum Gasteiger partial charge on any atom is -0.502 e. The van der Waals surface area contributed by atoms with Gasteiger partial charge < -0.3 is 14.9 Å². The molecular formula is C10H14O5. The van der Waals surface area contributed by atoms with E-state index in [9.17, 15) is 9.59 Å². The van der Waals surface area contributed by atoms with Gasteiger partial charge in [-0.1, -0.05) is 6.58 Å². The summed E-state index contributed by atoms with van der Waals surface area (Å²) in [4.78, 5) is 20.9. The first kappa shape index (κ1) is 13.2. The molecule has 0 spiro atoms. The molecule has 0 aliphatic heterocycles. The summed E-state index contributed by atoms with van der Waals surface area (Å²) in [6, 6.07) is 0. The first-order valence-corrected chi connectivity index (χ1v) is 4.40. The number of aliphatic hydroxyl groups excluding tert-OH is 1. The van der Waals surface area contributed by atoms with Crippen LogP contribution in [0, 0.1) is 0 Å². The van der Waals surface area contributed by atoms with Crippen molar-refractivity contribution in [3.63, 3.8) is 0 Å². The molecule has 84 valence electrons. The summed E-state index contributed by atoms with van der Waals surface area (Å²) in [7, 11) is 0. The molecule has 0 saturated carbocycles. The van der Waals surface area contributed by atoms with Gasteiger partial charge in [-0.15, -0.1) is 0 Å². The van der Waals surface area contributed by atoms with Crippen LogP contribution in [0.4, 0.5) is 0 Å². The van der Waals surface area contributed by atoms with Crippen molar-refractivity contribution in [2.24, 2.45) is 0 Å². The molecule has 0 aromatic rings. The first-order valence-electron chi connectivity index (χ1n) is 4.40. The van der Waals surface area contributed by atoms with Gasteiger partial charge in [-0.2, -0.15) is 0 Å². The number of aliphatic carboxylic acids is 1. The van der Waals surface area contributed by atoms with Gasteiger partial charge in [-0.3, -0.25) is 0 Å². The Kier molecular flexibility index (Phi) is 5.85. The Labute approximate surface area is 87.7 Å². The number of aliphatic hydroxyl groups is 1. The first-order chi connectivity index (χ1) is 6.99. The molecule has 0 rings (SSSR count). The zero-order valence-electron chi connectivity index (χ0n) is 8.52. The van der Waals surface area contributed by atoms with Crippen molar-refractivity contribution in [1.29, 1.82) is 0 Å². The van der Waals surface area contributed by atoms with Crippen LogP contribution in [0.3, 0.4) is 0 Å². The van der Waals surface area contributed by atoms with Crippen molar-refractivity contribution < 1.29 is 24.5 Å². The van der Waals surface area contributed by atoms with Gasteiger partial charge in [0, 0.05) is 6.08 Å². The number of rotatable bonds is 6. The molecule has 0 fully saturated rings. The van der Waals surface area contributed by atoms with Gasteiger partial charge in [-0.05, 0) is 25.3 Å². The van der Waals surface area contributed by atoms with Gasteiger partial charge in [0.25, 0.3) is 0 Å². The second-order valence-corrected chi connectivity index (χ2v) is 2.91. The second kappa shape index (κ2) is 6.64. The molecule has 0 unspecified atom stereocenters. The maximum atomic E-state index is 10.6. The lowest BCUT2D eigenvalue weighted by Gasteiger charge is -2.03. The number of esters is 1. The highest BCUT2D eigenvalue weighted by Crippen LogP contribution is 2.08. The largest absolute Gasteiger partial charge is 0.502 e. The van der Waals surface area contributed by atoms with Crippen LogP contribution in [0.1, 0.15) is 19.8 Å². The van der Waals surface area contributed by atoms with Crippen LogP contribution in [0.2, 0.25) is 0 Å². The Balaban J connectivity index is 3.87. The molecule has 0 aromatic carbocycles. The Hall–Kier alpha value is -1.78. The van der Waals surface area contributed by atoms with Crippen molar-refractivity contribution in [1.82, 2.24) is 0 Å². The molecule has 0 saturated heterocycles. The maximum absolute atomic E-state index is 10.6. The van der Waals surface area contributed by atoms with E-state index in [1.54, 1.807) is 0 Å². The smallest absolute Gasteiger partial charge is 0.370 e. The van der Waals surface area contributed by atoms with Gasteiger partial charge >= 0.3 is 11.9 Å².